The monoisotopic (exact) mass is 406 g/mol. The van der Waals surface area contributed by atoms with E-state index in [1.54, 1.807) is 24.5 Å². The number of pyridine rings is 1. The van der Waals surface area contributed by atoms with Crippen LogP contribution in [-0.2, 0) is 0 Å². The van der Waals surface area contributed by atoms with Crippen LogP contribution in [0.4, 0.5) is 4.79 Å². The Balaban J connectivity index is 1.64. The van der Waals surface area contributed by atoms with Crippen molar-refractivity contribution < 1.29 is 9.53 Å². The molecular formula is C25H18N4O2. The second-order valence-electron chi connectivity index (χ2n) is 7.06. The first-order valence-electron chi connectivity index (χ1n) is 9.75. The van der Waals surface area contributed by atoms with Crippen molar-refractivity contribution in [1.29, 1.82) is 0 Å². The lowest BCUT2D eigenvalue weighted by Crippen LogP contribution is -2.16. The Bertz CT molecular complexity index is 1380. The normalized spacial score (nSPS) is 10.8. The fourth-order valence-electron chi connectivity index (χ4n) is 3.59. The van der Waals surface area contributed by atoms with Gasteiger partial charge in [-0.2, -0.15) is 0 Å². The van der Waals surface area contributed by atoms with E-state index in [2.05, 4.69) is 16.0 Å². The Labute approximate surface area is 178 Å². The number of aromatic nitrogens is 3. The Hall–Kier alpha value is -4.45. The summed E-state index contributed by atoms with van der Waals surface area (Å²) in [6.45, 7) is 0. The van der Waals surface area contributed by atoms with Gasteiger partial charge in [0, 0.05) is 29.1 Å². The average Bonchev–Trinajstić information content (AvgIpc) is 3.25. The SMILES string of the molecule is NC(=O)Oc1ccc2cc(-c3nc(-c4ccccc4)[nH]c3-c3ccncc3)ccc2c1. The quantitative estimate of drug-likeness (QED) is 0.417. The van der Waals surface area contributed by atoms with Gasteiger partial charge < -0.3 is 15.5 Å². The lowest BCUT2D eigenvalue weighted by atomic mass is 10.0. The summed E-state index contributed by atoms with van der Waals surface area (Å²) in [5.41, 5.74) is 9.88. The first-order chi connectivity index (χ1) is 15.2. The van der Waals surface area contributed by atoms with E-state index in [1.165, 1.54) is 0 Å². The molecule has 3 N–H and O–H groups in total. The highest BCUT2D eigenvalue weighted by atomic mass is 16.5. The number of amides is 1. The second-order valence-corrected chi connectivity index (χ2v) is 7.06. The minimum Gasteiger partial charge on any atom is -0.410 e. The second kappa shape index (κ2) is 7.76. The van der Waals surface area contributed by atoms with Crippen molar-refractivity contribution in [1.82, 2.24) is 15.0 Å². The highest BCUT2D eigenvalue weighted by Gasteiger charge is 2.16. The molecule has 0 saturated carbocycles. The van der Waals surface area contributed by atoms with Gasteiger partial charge in [0.05, 0.1) is 11.4 Å². The number of hydrogen-bond donors (Lipinski definition) is 2. The van der Waals surface area contributed by atoms with Gasteiger partial charge in [0.1, 0.15) is 11.6 Å². The maximum absolute atomic E-state index is 11.0. The summed E-state index contributed by atoms with van der Waals surface area (Å²) in [5, 5.41) is 1.94. The Morgan fingerprint density at radius 3 is 2.32 bits per heavy atom. The minimum absolute atomic E-state index is 0.413. The maximum Gasteiger partial charge on any atom is 0.409 e. The number of aromatic amines is 1. The van der Waals surface area contributed by atoms with Crippen LogP contribution in [-0.4, -0.2) is 21.0 Å². The number of benzene rings is 3. The molecule has 2 aromatic heterocycles. The number of ether oxygens (including phenoxy) is 1. The number of nitrogens with two attached hydrogens (primary N) is 1. The molecular weight excluding hydrogens is 388 g/mol. The summed E-state index contributed by atoms with van der Waals surface area (Å²) in [4.78, 5) is 23.6. The number of fused-ring (bicyclic) bond motifs is 1. The summed E-state index contributed by atoms with van der Waals surface area (Å²) in [6.07, 6.45) is 2.70. The molecule has 0 unspecified atom stereocenters. The standard InChI is InChI=1S/C25H18N4O2/c26-25(30)31-21-9-8-18-14-20(7-6-19(18)15-21)23-22(16-10-12-27-13-11-16)28-24(29-23)17-4-2-1-3-5-17/h1-15H,(H2,26,30)(H,28,29). The average molecular weight is 406 g/mol. The van der Waals surface area contributed by atoms with Gasteiger partial charge in [0.15, 0.2) is 0 Å². The van der Waals surface area contributed by atoms with E-state index in [-0.39, 0.29) is 0 Å². The van der Waals surface area contributed by atoms with Crippen molar-refractivity contribution in [3.05, 3.63) is 91.3 Å². The van der Waals surface area contributed by atoms with Crippen LogP contribution in [0.3, 0.4) is 0 Å². The van der Waals surface area contributed by atoms with Crippen LogP contribution in [0.15, 0.2) is 91.3 Å². The zero-order valence-corrected chi connectivity index (χ0v) is 16.4. The van der Waals surface area contributed by atoms with Crippen molar-refractivity contribution in [2.75, 3.05) is 0 Å². The summed E-state index contributed by atoms with van der Waals surface area (Å²) < 4.78 is 4.98. The Morgan fingerprint density at radius 1 is 0.806 bits per heavy atom. The molecule has 31 heavy (non-hydrogen) atoms. The number of imidazole rings is 1. The van der Waals surface area contributed by atoms with E-state index in [4.69, 9.17) is 15.5 Å². The molecule has 6 heteroatoms. The molecule has 2 heterocycles. The van der Waals surface area contributed by atoms with E-state index < -0.39 is 6.09 Å². The number of hydrogen-bond acceptors (Lipinski definition) is 4. The Morgan fingerprint density at radius 2 is 1.55 bits per heavy atom. The van der Waals surface area contributed by atoms with E-state index in [9.17, 15) is 4.79 Å². The highest BCUT2D eigenvalue weighted by Crippen LogP contribution is 2.34. The summed E-state index contributed by atoms with van der Waals surface area (Å²) in [7, 11) is 0. The Kier molecular flexibility index (Phi) is 4.65. The molecule has 5 rings (SSSR count). The molecule has 5 aromatic rings. The van der Waals surface area contributed by atoms with Gasteiger partial charge in [-0.05, 0) is 41.1 Å². The van der Waals surface area contributed by atoms with Crippen LogP contribution >= 0.6 is 0 Å². The van der Waals surface area contributed by atoms with E-state index in [0.29, 0.717) is 5.75 Å². The first-order valence-corrected chi connectivity index (χ1v) is 9.75. The van der Waals surface area contributed by atoms with Crippen molar-refractivity contribution in [2.45, 2.75) is 0 Å². The molecule has 0 bridgehead atoms. The zero-order valence-electron chi connectivity index (χ0n) is 16.4. The molecule has 0 saturated heterocycles. The number of nitrogens with zero attached hydrogens (tertiary/aromatic N) is 2. The lowest BCUT2D eigenvalue weighted by Gasteiger charge is -2.06. The van der Waals surface area contributed by atoms with Crippen LogP contribution in [0.2, 0.25) is 0 Å². The van der Waals surface area contributed by atoms with Crippen molar-refractivity contribution in [3.8, 4) is 39.7 Å². The number of rotatable bonds is 4. The zero-order chi connectivity index (χ0) is 21.2. The van der Waals surface area contributed by atoms with Crippen LogP contribution < -0.4 is 10.5 Å². The molecule has 0 aliphatic carbocycles. The largest absolute Gasteiger partial charge is 0.410 e. The van der Waals surface area contributed by atoms with Crippen LogP contribution in [0.5, 0.6) is 5.75 Å². The fraction of sp³-hybridized carbons (Fsp3) is 0. The van der Waals surface area contributed by atoms with E-state index in [1.807, 2.05) is 60.7 Å². The van der Waals surface area contributed by atoms with Gasteiger partial charge in [-0.1, -0.05) is 48.5 Å². The lowest BCUT2D eigenvalue weighted by molar-refractivity contribution is 0.211. The van der Waals surface area contributed by atoms with Gasteiger partial charge in [-0.25, -0.2) is 9.78 Å². The van der Waals surface area contributed by atoms with Gasteiger partial charge in [-0.15, -0.1) is 0 Å². The molecule has 6 nitrogen and oxygen atoms in total. The number of H-pyrrole nitrogens is 1. The van der Waals surface area contributed by atoms with Gasteiger partial charge in [0.25, 0.3) is 0 Å². The summed E-state index contributed by atoms with van der Waals surface area (Å²) in [5.74, 6) is 1.21. The summed E-state index contributed by atoms with van der Waals surface area (Å²) >= 11 is 0. The molecule has 0 radical (unpaired) electrons. The highest BCUT2D eigenvalue weighted by molar-refractivity contribution is 5.91. The predicted molar refractivity (Wildman–Crippen MR) is 120 cm³/mol. The van der Waals surface area contributed by atoms with Gasteiger partial charge in [0.2, 0.25) is 0 Å². The molecule has 150 valence electrons. The molecule has 0 fully saturated rings. The van der Waals surface area contributed by atoms with Gasteiger partial charge in [-0.3, -0.25) is 4.98 Å². The number of carbonyl (C=O) groups is 1. The van der Waals surface area contributed by atoms with Crippen molar-refractivity contribution >= 4 is 16.9 Å². The van der Waals surface area contributed by atoms with Crippen LogP contribution in [0.1, 0.15) is 0 Å². The van der Waals surface area contributed by atoms with E-state index >= 15 is 0 Å². The van der Waals surface area contributed by atoms with Crippen LogP contribution in [0.25, 0.3) is 44.7 Å². The maximum atomic E-state index is 11.0. The molecule has 3 aromatic carbocycles. The van der Waals surface area contributed by atoms with Gasteiger partial charge >= 0.3 is 6.09 Å². The topological polar surface area (TPSA) is 93.9 Å². The molecule has 1 amide bonds. The molecule has 0 aliphatic rings. The van der Waals surface area contributed by atoms with Crippen molar-refractivity contribution in [2.24, 2.45) is 5.73 Å². The molecule has 0 atom stereocenters. The van der Waals surface area contributed by atoms with E-state index in [0.717, 1.165) is 44.7 Å². The number of carbonyl (C=O) groups excluding carboxylic acids is 1. The molecule has 0 spiro atoms. The third-order valence-corrected chi connectivity index (χ3v) is 5.02. The smallest absolute Gasteiger partial charge is 0.409 e. The third-order valence-electron chi connectivity index (χ3n) is 5.02. The first kappa shape index (κ1) is 18.6. The minimum atomic E-state index is -0.831. The fourth-order valence-corrected chi connectivity index (χ4v) is 3.59. The van der Waals surface area contributed by atoms with Crippen LogP contribution in [0, 0.1) is 0 Å². The number of nitrogens with one attached hydrogen (secondary N) is 1. The number of primary amides is 1. The molecule has 0 aliphatic heterocycles. The summed E-state index contributed by atoms with van der Waals surface area (Å²) in [6, 6.07) is 25.4. The predicted octanol–water partition coefficient (Wildman–Crippen LogP) is 5.42. The van der Waals surface area contributed by atoms with Crippen molar-refractivity contribution in [3.63, 3.8) is 0 Å². The third kappa shape index (κ3) is 3.74.